The first-order chi connectivity index (χ1) is 20.5. The number of nitrogen functional groups attached to an aromatic ring is 1. The lowest BCUT2D eigenvalue weighted by molar-refractivity contribution is -0.142. The molecular formula is C31H37ClF3N5O3. The van der Waals surface area contributed by atoms with Crippen molar-refractivity contribution >= 4 is 40.8 Å². The number of anilines is 2. The number of carbonyl (C=O) groups is 3. The van der Waals surface area contributed by atoms with Crippen LogP contribution in [0.4, 0.5) is 29.3 Å². The third-order valence-corrected chi connectivity index (χ3v) is 9.13. The van der Waals surface area contributed by atoms with Crippen molar-refractivity contribution in [2.75, 3.05) is 43.8 Å². The molecule has 3 heterocycles. The molecule has 4 amide bonds. The zero-order valence-corrected chi connectivity index (χ0v) is 24.7. The Hall–Kier alpha value is -3.47. The number of piperidine rings is 2. The number of hydrogen-bond donors (Lipinski definition) is 2. The molecule has 3 aliphatic rings. The van der Waals surface area contributed by atoms with Gasteiger partial charge in [0, 0.05) is 50.9 Å². The van der Waals surface area contributed by atoms with Gasteiger partial charge in [-0.05, 0) is 74.3 Å². The standard InChI is InChI=1S/C31H37ClF3N5O3/c32-25-18-20(17-24(28(25)36)31(33,34)35)16-22(29(42)39-11-4-1-5-12-39)19-27(41)38-13-9-23(10-14-38)40-15-8-21-6-2-3-7-26(21)37-30(40)43/h2-3,6-7,17-18,22-23H,1,4-5,8-16,19,36H2,(H,37,43)/t22-/m0/s1. The third kappa shape index (κ3) is 7.20. The SMILES string of the molecule is Nc1c(Cl)cc(C[C@@H](CC(=O)N2CCC(N3CCc4ccccc4NC3=O)CC2)C(=O)N2CCCCC2)cc1C(F)(F)F. The summed E-state index contributed by atoms with van der Waals surface area (Å²) >= 11 is 6.06. The Morgan fingerprint density at radius 2 is 1.70 bits per heavy atom. The highest BCUT2D eigenvalue weighted by Crippen LogP contribution is 2.38. The molecule has 0 aromatic heterocycles. The molecule has 5 rings (SSSR count). The number of fused-ring (bicyclic) bond motifs is 1. The summed E-state index contributed by atoms with van der Waals surface area (Å²) in [6, 6.07) is 9.83. The van der Waals surface area contributed by atoms with E-state index in [1.165, 1.54) is 6.07 Å². The molecule has 1 atom stereocenters. The molecule has 43 heavy (non-hydrogen) atoms. The Morgan fingerprint density at radius 3 is 2.40 bits per heavy atom. The number of alkyl halides is 3. The van der Waals surface area contributed by atoms with Crippen molar-refractivity contribution in [3.8, 4) is 0 Å². The maximum absolute atomic E-state index is 13.6. The number of nitrogens with two attached hydrogens (primary N) is 1. The quantitative estimate of drug-likeness (QED) is 0.412. The van der Waals surface area contributed by atoms with Crippen LogP contribution in [0.5, 0.6) is 0 Å². The van der Waals surface area contributed by atoms with Crippen molar-refractivity contribution in [1.29, 1.82) is 0 Å². The Kier molecular flexibility index (Phi) is 9.39. The molecule has 0 spiro atoms. The fraction of sp³-hybridized carbons (Fsp3) is 0.516. The molecule has 2 saturated heterocycles. The van der Waals surface area contributed by atoms with Crippen LogP contribution in [0.2, 0.25) is 5.02 Å². The van der Waals surface area contributed by atoms with Gasteiger partial charge in [-0.1, -0.05) is 29.8 Å². The molecular weight excluding hydrogens is 583 g/mol. The van der Waals surface area contributed by atoms with E-state index in [1.54, 1.807) is 9.80 Å². The van der Waals surface area contributed by atoms with Crippen molar-refractivity contribution in [1.82, 2.24) is 14.7 Å². The number of carbonyl (C=O) groups excluding carboxylic acids is 3. The Morgan fingerprint density at radius 1 is 1.00 bits per heavy atom. The average Bonchev–Trinajstić information content (AvgIpc) is 3.16. The Labute approximate surface area is 254 Å². The van der Waals surface area contributed by atoms with Crippen LogP contribution in [0.25, 0.3) is 0 Å². The molecule has 0 unspecified atom stereocenters. The van der Waals surface area contributed by atoms with Gasteiger partial charge in [0.1, 0.15) is 0 Å². The lowest BCUT2D eigenvalue weighted by Crippen LogP contribution is -2.50. The summed E-state index contributed by atoms with van der Waals surface area (Å²) in [6.07, 6.45) is -0.250. The van der Waals surface area contributed by atoms with Gasteiger partial charge in [-0.15, -0.1) is 0 Å². The average molecular weight is 620 g/mol. The maximum Gasteiger partial charge on any atom is 0.418 e. The van der Waals surface area contributed by atoms with E-state index in [0.29, 0.717) is 45.6 Å². The summed E-state index contributed by atoms with van der Waals surface area (Å²) in [5.74, 6) is -1.29. The summed E-state index contributed by atoms with van der Waals surface area (Å²) in [5, 5.41) is 2.76. The molecule has 12 heteroatoms. The van der Waals surface area contributed by atoms with Crippen molar-refractivity contribution in [2.24, 2.45) is 5.92 Å². The number of nitrogens with one attached hydrogen (secondary N) is 1. The van der Waals surface area contributed by atoms with Gasteiger partial charge in [0.25, 0.3) is 0 Å². The van der Waals surface area contributed by atoms with E-state index in [4.69, 9.17) is 17.3 Å². The summed E-state index contributed by atoms with van der Waals surface area (Å²) in [7, 11) is 0. The molecule has 2 aromatic carbocycles. The lowest BCUT2D eigenvalue weighted by atomic mass is 9.91. The molecule has 2 fully saturated rings. The number of nitrogens with zero attached hydrogens (tertiary/aromatic N) is 3. The van der Waals surface area contributed by atoms with Crippen LogP contribution in [0.15, 0.2) is 36.4 Å². The van der Waals surface area contributed by atoms with Gasteiger partial charge in [0.15, 0.2) is 0 Å². The molecule has 8 nitrogen and oxygen atoms in total. The highest BCUT2D eigenvalue weighted by molar-refractivity contribution is 6.33. The van der Waals surface area contributed by atoms with E-state index in [-0.39, 0.29) is 47.3 Å². The molecule has 0 aliphatic carbocycles. The van der Waals surface area contributed by atoms with Crippen LogP contribution in [0.3, 0.4) is 0 Å². The minimum Gasteiger partial charge on any atom is -0.397 e. The predicted molar refractivity (Wildman–Crippen MR) is 159 cm³/mol. The van der Waals surface area contributed by atoms with Crippen molar-refractivity contribution < 1.29 is 27.6 Å². The van der Waals surface area contributed by atoms with Crippen LogP contribution >= 0.6 is 11.6 Å². The zero-order valence-electron chi connectivity index (χ0n) is 24.0. The Bertz CT molecular complexity index is 1360. The predicted octanol–water partition coefficient (Wildman–Crippen LogP) is 5.58. The van der Waals surface area contributed by atoms with Gasteiger partial charge in [-0.25, -0.2) is 4.79 Å². The molecule has 3 N–H and O–H groups in total. The van der Waals surface area contributed by atoms with Crippen LogP contribution in [0.1, 0.15) is 55.2 Å². The summed E-state index contributed by atoms with van der Waals surface area (Å²) in [6.45, 7) is 2.56. The number of para-hydroxylation sites is 1. The number of likely N-dealkylation sites (tertiary alicyclic amines) is 2. The minimum absolute atomic E-state index is 0.0261. The molecule has 3 aliphatic heterocycles. The van der Waals surface area contributed by atoms with Gasteiger partial charge in [0.2, 0.25) is 11.8 Å². The van der Waals surface area contributed by atoms with Crippen molar-refractivity contribution in [3.63, 3.8) is 0 Å². The smallest absolute Gasteiger partial charge is 0.397 e. The lowest BCUT2D eigenvalue weighted by Gasteiger charge is -2.38. The Balaban J connectivity index is 1.26. The topological polar surface area (TPSA) is 99.0 Å². The molecule has 232 valence electrons. The van der Waals surface area contributed by atoms with E-state index in [9.17, 15) is 27.6 Å². The number of hydrogen-bond acceptors (Lipinski definition) is 4. The van der Waals surface area contributed by atoms with Crippen molar-refractivity contribution in [3.05, 3.63) is 58.1 Å². The van der Waals surface area contributed by atoms with E-state index in [0.717, 1.165) is 43.0 Å². The first kappa shape index (κ1) is 31.0. The van der Waals surface area contributed by atoms with Crippen LogP contribution in [-0.4, -0.2) is 71.3 Å². The van der Waals surface area contributed by atoms with Crippen LogP contribution in [0, 0.1) is 5.92 Å². The number of urea groups is 1. The number of halogens is 4. The first-order valence-electron chi connectivity index (χ1n) is 14.9. The summed E-state index contributed by atoms with van der Waals surface area (Å²) in [5.41, 5.74) is 6.12. The maximum atomic E-state index is 13.6. The second-order valence-corrected chi connectivity index (χ2v) is 12.1. The van der Waals surface area contributed by atoms with E-state index in [2.05, 4.69) is 5.32 Å². The van der Waals surface area contributed by atoms with Gasteiger partial charge in [0.05, 0.1) is 22.2 Å². The fourth-order valence-corrected chi connectivity index (χ4v) is 6.68. The second kappa shape index (κ2) is 13.0. The van der Waals surface area contributed by atoms with Gasteiger partial charge < -0.3 is 25.8 Å². The van der Waals surface area contributed by atoms with E-state index >= 15 is 0 Å². The molecule has 0 bridgehead atoms. The van der Waals surface area contributed by atoms with Gasteiger partial charge >= 0.3 is 12.2 Å². The second-order valence-electron chi connectivity index (χ2n) is 11.7. The fourth-order valence-electron chi connectivity index (χ4n) is 6.44. The zero-order chi connectivity index (χ0) is 30.7. The monoisotopic (exact) mass is 619 g/mol. The first-order valence-corrected chi connectivity index (χ1v) is 15.3. The number of benzene rings is 2. The van der Waals surface area contributed by atoms with Crippen LogP contribution in [-0.2, 0) is 28.6 Å². The summed E-state index contributed by atoms with van der Waals surface area (Å²) in [4.78, 5) is 45.4. The highest BCUT2D eigenvalue weighted by atomic mass is 35.5. The minimum atomic E-state index is -4.71. The molecule has 0 radical (unpaired) electrons. The highest BCUT2D eigenvalue weighted by Gasteiger charge is 2.37. The number of amides is 4. The normalized spacial score (nSPS) is 19.0. The van der Waals surface area contributed by atoms with E-state index in [1.807, 2.05) is 29.2 Å². The molecule has 2 aromatic rings. The van der Waals surface area contributed by atoms with Crippen LogP contribution < -0.4 is 11.1 Å². The van der Waals surface area contributed by atoms with Crippen molar-refractivity contribution in [2.45, 2.75) is 63.6 Å². The third-order valence-electron chi connectivity index (χ3n) is 8.81. The number of rotatable bonds is 6. The molecule has 0 saturated carbocycles. The largest absolute Gasteiger partial charge is 0.418 e. The summed E-state index contributed by atoms with van der Waals surface area (Å²) < 4.78 is 40.9. The van der Waals surface area contributed by atoms with Gasteiger partial charge in [-0.2, -0.15) is 13.2 Å². The van der Waals surface area contributed by atoms with Gasteiger partial charge in [-0.3, -0.25) is 9.59 Å². The van der Waals surface area contributed by atoms with E-state index < -0.39 is 23.3 Å².